The van der Waals surface area contributed by atoms with E-state index in [1.807, 2.05) is 18.2 Å². The second-order valence-corrected chi connectivity index (χ2v) is 5.85. The summed E-state index contributed by atoms with van der Waals surface area (Å²) >= 11 is 0. The molecule has 0 amide bonds. The van der Waals surface area contributed by atoms with E-state index in [2.05, 4.69) is 12.2 Å². The highest BCUT2D eigenvalue weighted by Crippen LogP contribution is 2.29. The second kappa shape index (κ2) is 7.66. The summed E-state index contributed by atoms with van der Waals surface area (Å²) in [5.41, 5.74) is 0.823. The van der Waals surface area contributed by atoms with Gasteiger partial charge in [-0.15, -0.1) is 0 Å². The zero-order valence-electron chi connectivity index (χ0n) is 13.3. The Morgan fingerprint density at radius 3 is 2.38 bits per heavy atom. The lowest BCUT2D eigenvalue weighted by atomic mass is 10.1. The first-order valence-corrected chi connectivity index (χ1v) is 7.80. The minimum Gasteiger partial charge on any atom is -0.497 e. The van der Waals surface area contributed by atoms with E-state index >= 15 is 0 Å². The van der Waals surface area contributed by atoms with Crippen LogP contribution in [0.5, 0.6) is 11.5 Å². The number of rotatable bonds is 7. The van der Waals surface area contributed by atoms with Crippen molar-refractivity contribution in [2.75, 3.05) is 20.8 Å². The van der Waals surface area contributed by atoms with Gasteiger partial charge in [0.25, 0.3) is 0 Å². The highest BCUT2D eigenvalue weighted by Gasteiger charge is 2.23. The fraction of sp³-hybridized carbons (Fsp3) is 0.647. The van der Waals surface area contributed by atoms with Crippen LogP contribution in [-0.2, 0) is 0 Å². The van der Waals surface area contributed by atoms with E-state index in [0.717, 1.165) is 11.5 Å². The molecule has 4 nitrogen and oxygen atoms in total. The number of hydrogen-bond acceptors (Lipinski definition) is 4. The molecular formula is C17H27NO3. The largest absolute Gasteiger partial charge is 0.497 e. The Morgan fingerprint density at radius 2 is 1.86 bits per heavy atom. The third-order valence-corrected chi connectivity index (χ3v) is 4.48. The average Bonchev–Trinajstić information content (AvgIpc) is 3.00. The Kier molecular flexibility index (Phi) is 5.88. The molecule has 0 bridgehead atoms. The summed E-state index contributed by atoms with van der Waals surface area (Å²) in [5, 5.41) is 13.9. The van der Waals surface area contributed by atoms with Gasteiger partial charge in [-0.2, -0.15) is 0 Å². The lowest BCUT2D eigenvalue weighted by Gasteiger charge is -2.18. The van der Waals surface area contributed by atoms with E-state index in [0.29, 0.717) is 24.1 Å². The fourth-order valence-electron chi connectivity index (χ4n) is 3.05. The molecule has 1 aliphatic rings. The minimum atomic E-state index is -0.547. The van der Waals surface area contributed by atoms with E-state index in [1.54, 1.807) is 14.2 Å². The molecule has 3 unspecified atom stereocenters. The van der Waals surface area contributed by atoms with Crippen LogP contribution in [-0.4, -0.2) is 31.9 Å². The van der Waals surface area contributed by atoms with Crippen LogP contribution in [0.1, 0.15) is 44.3 Å². The normalized spacial score (nSPS) is 23.0. The molecule has 2 N–H and O–H groups in total. The van der Waals surface area contributed by atoms with Crippen molar-refractivity contribution in [1.82, 2.24) is 5.32 Å². The molecule has 1 saturated carbocycles. The van der Waals surface area contributed by atoms with Gasteiger partial charge in [0.05, 0.1) is 20.3 Å². The van der Waals surface area contributed by atoms with Gasteiger partial charge in [0.2, 0.25) is 0 Å². The SMILES string of the molecule is CCC1CCC(NCC(O)c2cc(OC)cc(OC)c2)C1. The Balaban J connectivity index is 1.92. The maximum atomic E-state index is 10.4. The summed E-state index contributed by atoms with van der Waals surface area (Å²) in [6, 6.07) is 6.07. The molecule has 1 aromatic rings. The van der Waals surface area contributed by atoms with E-state index < -0.39 is 6.10 Å². The molecule has 0 heterocycles. The summed E-state index contributed by atoms with van der Waals surface area (Å²) < 4.78 is 10.5. The van der Waals surface area contributed by atoms with Gasteiger partial charge < -0.3 is 19.9 Å². The van der Waals surface area contributed by atoms with Crippen LogP contribution < -0.4 is 14.8 Å². The van der Waals surface area contributed by atoms with Crippen LogP contribution in [0, 0.1) is 5.92 Å². The van der Waals surface area contributed by atoms with Crippen LogP contribution in [0.3, 0.4) is 0 Å². The Hall–Kier alpha value is -1.26. The molecule has 2 rings (SSSR count). The standard InChI is InChI=1S/C17H27NO3/c1-4-12-5-6-14(7-12)18-11-17(19)13-8-15(20-2)10-16(9-13)21-3/h8-10,12,14,17-19H,4-7,11H2,1-3H3. The predicted molar refractivity (Wildman–Crippen MR) is 83.9 cm³/mol. The van der Waals surface area contributed by atoms with Crippen molar-refractivity contribution < 1.29 is 14.6 Å². The molecular weight excluding hydrogens is 266 g/mol. The quantitative estimate of drug-likeness (QED) is 0.811. The van der Waals surface area contributed by atoms with Gasteiger partial charge in [-0.1, -0.05) is 13.3 Å². The Labute approximate surface area is 127 Å². The van der Waals surface area contributed by atoms with Crippen molar-refractivity contribution in [3.63, 3.8) is 0 Å². The third kappa shape index (κ3) is 4.35. The molecule has 1 fully saturated rings. The molecule has 4 heteroatoms. The first-order valence-electron chi connectivity index (χ1n) is 7.80. The molecule has 3 atom stereocenters. The molecule has 0 radical (unpaired) electrons. The number of aliphatic hydroxyl groups is 1. The summed E-state index contributed by atoms with van der Waals surface area (Å²) in [5.74, 6) is 2.25. The number of methoxy groups -OCH3 is 2. The molecule has 118 valence electrons. The molecule has 0 aliphatic heterocycles. The van der Waals surface area contributed by atoms with Crippen molar-refractivity contribution >= 4 is 0 Å². The van der Waals surface area contributed by atoms with Gasteiger partial charge in [-0.05, 0) is 42.9 Å². The second-order valence-electron chi connectivity index (χ2n) is 5.85. The molecule has 0 spiro atoms. The maximum absolute atomic E-state index is 10.4. The van der Waals surface area contributed by atoms with E-state index in [1.165, 1.54) is 25.7 Å². The van der Waals surface area contributed by atoms with Gasteiger partial charge in [0, 0.05) is 18.7 Å². The van der Waals surface area contributed by atoms with Crippen molar-refractivity contribution in [1.29, 1.82) is 0 Å². The molecule has 0 saturated heterocycles. The topological polar surface area (TPSA) is 50.7 Å². The first kappa shape index (κ1) is 16.1. The van der Waals surface area contributed by atoms with Crippen molar-refractivity contribution in [2.45, 2.75) is 44.8 Å². The number of ether oxygens (including phenoxy) is 2. The van der Waals surface area contributed by atoms with Gasteiger partial charge in [-0.25, -0.2) is 0 Å². The van der Waals surface area contributed by atoms with E-state index in [4.69, 9.17) is 9.47 Å². The highest BCUT2D eigenvalue weighted by atomic mass is 16.5. The summed E-state index contributed by atoms with van der Waals surface area (Å²) in [7, 11) is 3.24. The van der Waals surface area contributed by atoms with Crippen LogP contribution in [0.15, 0.2) is 18.2 Å². The highest BCUT2D eigenvalue weighted by molar-refractivity contribution is 5.39. The number of hydrogen-bond donors (Lipinski definition) is 2. The average molecular weight is 293 g/mol. The lowest BCUT2D eigenvalue weighted by Crippen LogP contribution is -2.30. The van der Waals surface area contributed by atoms with E-state index in [9.17, 15) is 5.11 Å². The van der Waals surface area contributed by atoms with Crippen molar-refractivity contribution in [3.05, 3.63) is 23.8 Å². The fourth-order valence-corrected chi connectivity index (χ4v) is 3.05. The van der Waals surface area contributed by atoms with E-state index in [-0.39, 0.29) is 0 Å². The summed E-state index contributed by atoms with van der Waals surface area (Å²) in [6.07, 6.45) is 4.46. The number of nitrogens with one attached hydrogen (secondary N) is 1. The van der Waals surface area contributed by atoms with Gasteiger partial charge in [0.1, 0.15) is 11.5 Å². The van der Waals surface area contributed by atoms with Gasteiger partial charge in [0.15, 0.2) is 0 Å². The predicted octanol–water partition coefficient (Wildman–Crippen LogP) is 2.91. The monoisotopic (exact) mass is 293 g/mol. The zero-order chi connectivity index (χ0) is 15.2. The Morgan fingerprint density at radius 1 is 1.19 bits per heavy atom. The van der Waals surface area contributed by atoms with Gasteiger partial charge in [-0.3, -0.25) is 0 Å². The third-order valence-electron chi connectivity index (χ3n) is 4.48. The molecule has 0 aromatic heterocycles. The molecule has 1 aromatic carbocycles. The smallest absolute Gasteiger partial charge is 0.122 e. The molecule has 1 aliphatic carbocycles. The van der Waals surface area contributed by atoms with Gasteiger partial charge >= 0.3 is 0 Å². The number of aliphatic hydroxyl groups excluding tert-OH is 1. The van der Waals surface area contributed by atoms with Crippen LogP contribution in [0.25, 0.3) is 0 Å². The van der Waals surface area contributed by atoms with Crippen LogP contribution in [0.2, 0.25) is 0 Å². The lowest BCUT2D eigenvalue weighted by molar-refractivity contribution is 0.169. The zero-order valence-corrected chi connectivity index (χ0v) is 13.3. The Bertz CT molecular complexity index is 427. The first-order chi connectivity index (χ1) is 10.2. The van der Waals surface area contributed by atoms with Crippen LogP contribution >= 0.6 is 0 Å². The van der Waals surface area contributed by atoms with Crippen molar-refractivity contribution in [2.24, 2.45) is 5.92 Å². The van der Waals surface area contributed by atoms with Crippen molar-refractivity contribution in [3.8, 4) is 11.5 Å². The number of benzene rings is 1. The minimum absolute atomic E-state index is 0.539. The van der Waals surface area contributed by atoms with Crippen LogP contribution in [0.4, 0.5) is 0 Å². The molecule has 21 heavy (non-hydrogen) atoms. The summed E-state index contributed by atoms with van der Waals surface area (Å²) in [4.78, 5) is 0. The maximum Gasteiger partial charge on any atom is 0.122 e. The summed E-state index contributed by atoms with van der Waals surface area (Å²) in [6.45, 7) is 2.82.